The van der Waals surface area contributed by atoms with Gasteiger partial charge in [-0.25, -0.2) is 0 Å². The van der Waals surface area contributed by atoms with E-state index in [1.807, 2.05) is 42.5 Å². The highest BCUT2D eigenvalue weighted by Gasteiger charge is 2.20. The van der Waals surface area contributed by atoms with Crippen molar-refractivity contribution < 1.29 is 27.8 Å². The van der Waals surface area contributed by atoms with Crippen molar-refractivity contribution in [1.29, 1.82) is 0 Å². The summed E-state index contributed by atoms with van der Waals surface area (Å²) in [6.45, 7) is -1.62. The van der Waals surface area contributed by atoms with Gasteiger partial charge in [0, 0.05) is 0 Å². The van der Waals surface area contributed by atoms with Crippen molar-refractivity contribution in [2.24, 2.45) is 0 Å². The number of halogens is 2. The van der Waals surface area contributed by atoms with Gasteiger partial charge in [-0.2, -0.15) is 8.78 Å². The highest BCUT2D eigenvalue weighted by molar-refractivity contribution is 5.96. The first-order valence-electron chi connectivity index (χ1n) is 8.94. The lowest BCUT2D eigenvalue weighted by atomic mass is 10.1. The lowest BCUT2D eigenvalue weighted by Crippen LogP contribution is -2.30. The molecule has 1 atom stereocenters. The van der Waals surface area contributed by atoms with Crippen LogP contribution in [0.4, 0.5) is 14.5 Å². The van der Waals surface area contributed by atoms with E-state index >= 15 is 0 Å². The van der Waals surface area contributed by atoms with E-state index < -0.39 is 24.6 Å². The quantitative estimate of drug-likeness (QED) is 0.592. The van der Waals surface area contributed by atoms with Crippen molar-refractivity contribution in [3.8, 4) is 5.75 Å². The van der Waals surface area contributed by atoms with Crippen LogP contribution in [0, 0.1) is 0 Å². The first-order valence-corrected chi connectivity index (χ1v) is 8.94. The number of benzene rings is 3. The van der Waals surface area contributed by atoms with Crippen molar-refractivity contribution in [3.63, 3.8) is 0 Å². The summed E-state index contributed by atoms with van der Waals surface area (Å²) in [7, 11) is 0. The van der Waals surface area contributed by atoms with Crippen molar-refractivity contribution >= 4 is 28.3 Å². The van der Waals surface area contributed by atoms with Gasteiger partial charge in [-0.1, -0.05) is 54.6 Å². The fourth-order valence-corrected chi connectivity index (χ4v) is 2.81. The van der Waals surface area contributed by atoms with Crippen LogP contribution in [-0.4, -0.2) is 24.6 Å². The third kappa shape index (κ3) is 5.51. The molecule has 3 rings (SSSR count). The average molecular weight is 399 g/mol. The van der Waals surface area contributed by atoms with E-state index in [4.69, 9.17) is 4.74 Å². The summed E-state index contributed by atoms with van der Waals surface area (Å²) in [5, 5.41) is 4.49. The largest absolute Gasteiger partial charge is 0.452 e. The van der Waals surface area contributed by atoms with Crippen molar-refractivity contribution in [3.05, 3.63) is 72.3 Å². The normalized spacial score (nSPS) is 11.9. The van der Waals surface area contributed by atoms with E-state index in [-0.39, 0.29) is 17.9 Å². The fourth-order valence-electron chi connectivity index (χ4n) is 2.81. The number of amides is 1. The number of hydrogen-bond donors (Lipinski definition) is 1. The number of carbonyl (C=O) groups is 2. The topological polar surface area (TPSA) is 64.6 Å². The Morgan fingerprint density at radius 2 is 1.66 bits per heavy atom. The van der Waals surface area contributed by atoms with Gasteiger partial charge in [0.1, 0.15) is 5.75 Å². The Kier molecular flexibility index (Phi) is 6.39. The number of ether oxygens (including phenoxy) is 2. The smallest absolute Gasteiger partial charge is 0.387 e. The minimum Gasteiger partial charge on any atom is -0.452 e. The molecule has 5 nitrogen and oxygen atoms in total. The van der Waals surface area contributed by atoms with E-state index in [0.29, 0.717) is 0 Å². The van der Waals surface area contributed by atoms with Crippen LogP contribution < -0.4 is 10.1 Å². The zero-order chi connectivity index (χ0) is 20.8. The van der Waals surface area contributed by atoms with Crippen molar-refractivity contribution in [2.75, 3.05) is 5.32 Å². The second-order valence-electron chi connectivity index (χ2n) is 6.35. The fraction of sp³-hybridized carbons (Fsp3) is 0.182. The van der Waals surface area contributed by atoms with E-state index in [9.17, 15) is 18.4 Å². The number of rotatable bonds is 7. The summed E-state index contributed by atoms with van der Waals surface area (Å²) >= 11 is 0. The van der Waals surface area contributed by atoms with Crippen LogP contribution in [0.25, 0.3) is 10.8 Å². The van der Waals surface area contributed by atoms with Gasteiger partial charge in [-0.05, 0) is 35.4 Å². The molecular formula is C22H19F2NO4. The molecule has 0 unspecified atom stereocenters. The maximum Gasteiger partial charge on any atom is 0.387 e. The van der Waals surface area contributed by atoms with Gasteiger partial charge in [0.25, 0.3) is 5.91 Å². The molecule has 3 aromatic rings. The van der Waals surface area contributed by atoms with E-state index in [1.54, 1.807) is 6.07 Å². The predicted octanol–water partition coefficient (Wildman–Crippen LogP) is 4.55. The highest BCUT2D eigenvalue weighted by Crippen LogP contribution is 2.25. The molecule has 0 aliphatic rings. The van der Waals surface area contributed by atoms with Crippen LogP contribution >= 0.6 is 0 Å². The molecule has 0 aliphatic carbocycles. The Balaban J connectivity index is 1.59. The van der Waals surface area contributed by atoms with Crippen LogP contribution in [0.2, 0.25) is 0 Å². The van der Waals surface area contributed by atoms with Crippen LogP contribution in [0.15, 0.2) is 66.7 Å². The van der Waals surface area contributed by atoms with E-state index in [0.717, 1.165) is 16.3 Å². The van der Waals surface area contributed by atoms with Gasteiger partial charge < -0.3 is 14.8 Å². The Labute approximate surface area is 166 Å². The number of hydrogen-bond acceptors (Lipinski definition) is 4. The number of fused-ring (bicyclic) bond motifs is 1. The molecule has 3 aromatic carbocycles. The van der Waals surface area contributed by atoms with E-state index in [2.05, 4.69) is 10.1 Å². The maximum atomic E-state index is 12.5. The molecule has 0 heterocycles. The number of anilines is 1. The van der Waals surface area contributed by atoms with Gasteiger partial charge in [0.15, 0.2) is 6.10 Å². The summed E-state index contributed by atoms with van der Waals surface area (Å²) < 4.78 is 34.5. The zero-order valence-corrected chi connectivity index (χ0v) is 15.6. The molecule has 1 amide bonds. The summed E-state index contributed by atoms with van der Waals surface area (Å²) in [5.74, 6) is -1.40. The zero-order valence-electron chi connectivity index (χ0n) is 15.6. The summed E-state index contributed by atoms with van der Waals surface area (Å²) in [5.41, 5.74) is 0.826. The van der Waals surface area contributed by atoms with Crippen LogP contribution in [0.5, 0.6) is 5.75 Å². The molecule has 0 saturated heterocycles. The van der Waals surface area contributed by atoms with Gasteiger partial charge in [-0.15, -0.1) is 0 Å². The number of esters is 1. The van der Waals surface area contributed by atoms with Gasteiger partial charge in [0.2, 0.25) is 0 Å². The van der Waals surface area contributed by atoms with Gasteiger partial charge in [0.05, 0.1) is 12.1 Å². The Morgan fingerprint density at radius 3 is 2.41 bits per heavy atom. The average Bonchev–Trinajstić information content (AvgIpc) is 2.68. The molecule has 0 aromatic heterocycles. The molecule has 7 heteroatoms. The number of alkyl halides is 2. The number of para-hydroxylation sites is 2. The molecule has 0 bridgehead atoms. The number of carbonyl (C=O) groups excluding carboxylic acids is 2. The molecule has 0 radical (unpaired) electrons. The van der Waals surface area contributed by atoms with Crippen LogP contribution in [-0.2, 0) is 20.7 Å². The SMILES string of the molecule is C[C@H](OC(=O)Cc1ccc2ccccc2c1)C(=O)Nc1ccccc1OC(F)F. The molecule has 29 heavy (non-hydrogen) atoms. The second-order valence-corrected chi connectivity index (χ2v) is 6.35. The monoisotopic (exact) mass is 399 g/mol. The van der Waals surface area contributed by atoms with Crippen molar-refractivity contribution in [2.45, 2.75) is 26.1 Å². The van der Waals surface area contributed by atoms with Gasteiger partial charge in [-0.3, -0.25) is 9.59 Å². The third-order valence-electron chi connectivity index (χ3n) is 4.20. The summed E-state index contributed by atoms with van der Waals surface area (Å²) in [6.07, 6.45) is -1.10. The Hall–Kier alpha value is -3.48. The molecule has 0 spiro atoms. The molecule has 0 fully saturated rings. The van der Waals surface area contributed by atoms with Crippen LogP contribution in [0.3, 0.4) is 0 Å². The lowest BCUT2D eigenvalue weighted by molar-refractivity contribution is -0.152. The van der Waals surface area contributed by atoms with E-state index in [1.165, 1.54) is 25.1 Å². The van der Waals surface area contributed by atoms with Gasteiger partial charge >= 0.3 is 12.6 Å². The standard InChI is InChI=1S/C22H19F2NO4/c1-14(21(27)25-18-8-4-5-9-19(18)29-22(23)24)28-20(26)13-15-10-11-16-6-2-3-7-17(16)12-15/h2-12,14,22H,13H2,1H3,(H,25,27)/t14-/m0/s1. The first kappa shape index (κ1) is 20.3. The third-order valence-corrected chi connectivity index (χ3v) is 4.20. The molecular weight excluding hydrogens is 380 g/mol. The number of nitrogens with one attached hydrogen (secondary N) is 1. The summed E-state index contributed by atoms with van der Waals surface area (Å²) in [4.78, 5) is 24.5. The first-order chi connectivity index (χ1) is 13.9. The molecule has 0 saturated carbocycles. The van der Waals surface area contributed by atoms with Crippen molar-refractivity contribution in [1.82, 2.24) is 0 Å². The predicted molar refractivity (Wildman–Crippen MR) is 105 cm³/mol. The Morgan fingerprint density at radius 1 is 0.966 bits per heavy atom. The lowest BCUT2D eigenvalue weighted by Gasteiger charge is -2.16. The molecule has 0 aliphatic heterocycles. The maximum absolute atomic E-state index is 12.5. The minimum absolute atomic E-state index is 0.00748. The molecule has 1 N–H and O–H groups in total. The Bertz CT molecular complexity index is 1020. The van der Waals surface area contributed by atoms with Crippen LogP contribution in [0.1, 0.15) is 12.5 Å². The summed E-state index contributed by atoms with van der Waals surface area (Å²) in [6, 6.07) is 19.2. The second kappa shape index (κ2) is 9.14. The minimum atomic E-state index is -3.02. The highest BCUT2D eigenvalue weighted by atomic mass is 19.3. The molecule has 150 valence electrons.